The van der Waals surface area contributed by atoms with Crippen LogP contribution in [0.15, 0.2) is 17.2 Å². The first-order valence-electron chi connectivity index (χ1n) is 5.26. The average Bonchev–Trinajstić information content (AvgIpc) is 2.69. The summed E-state index contributed by atoms with van der Waals surface area (Å²) in [6.07, 6.45) is 3.72. The maximum atomic E-state index is 11.8. The van der Waals surface area contributed by atoms with Gasteiger partial charge in [-0.2, -0.15) is 9.50 Å². The molecule has 86 valence electrons. The summed E-state index contributed by atoms with van der Waals surface area (Å²) in [5.41, 5.74) is 0.432. The van der Waals surface area contributed by atoms with Crippen LogP contribution in [0.3, 0.4) is 0 Å². The summed E-state index contributed by atoms with van der Waals surface area (Å²) in [4.78, 5) is 20.1. The van der Waals surface area contributed by atoms with E-state index in [4.69, 9.17) is 11.6 Å². The summed E-state index contributed by atoms with van der Waals surface area (Å²) in [6, 6.07) is 1.45. The SMILES string of the molecule is CCCCn1cnc2nc(CCl)cc(=O)n21. The van der Waals surface area contributed by atoms with Crippen LogP contribution in [0, 0.1) is 0 Å². The largest absolute Gasteiger partial charge is 0.274 e. The van der Waals surface area contributed by atoms with Gasteiger partial charge >= 0.3 is 0 Å². The number of halogens is 1. The summed E-state index contributed by atoms with van der Waals surface area (Å²) in [5.74, 6) is 0.646. The van der Waals surface area contributed by atoms with Gasteiger partial charge in [0.1, 0.15) is 6.33 Å². The van der Waals surface area contributed by atoms with Crippen molar-refractivity contribution in [3.8, 4) is 0 Å². The number of unbranched alkanes of at least 4 members (excludes halogenated alkanes) is 1. The molecule has 2 rings (SSSR count). The Kier molecular flexibility index (Phi) is 3.24. The molecule has 16 heavy (non-hydrogen) atoms. The zero-order valence-corrected chi connectivity index (χ0v) is 9.81. The van der Waals surface area contributed by atoms with Crippen molar-refractivity contribution in [3.63, 3.8) is 0 Å². The van der Waals surface area contributed by atoms with E-state index in [9.17, 15) is 4.79 Å². The molecule has 2 aromatic heterocycles. The quantitative estimate of drug-likeness (QED) is 0.760. The molecule has 0 saturated heterocycles. The zero-order valence-electron chi connectivity index (χ0n) is 9.06. The minimum absolute atomic E-state index is 0.130. The second-order valence-electron chi connectivity index (χ2n) is 3.59. The number of hydrogen-bond donors (Lipinski definition) is 0. The molecule has 5 nitrogen and oxygen atoms in total. The monoisotopic (exact) mass is 240 g/mol. The van der Waals surface area contributed by atoms with Crippen molar-refractivity contribution in [2.45, 2.75) is 32.2 Å². The van der Waals surface area contributed by atoms with Crippen molar-refractivity contribution in [3.05, 3.63) is 28.4 Å². The molecule has 0 aliphatic carbocycles. The van der Waals surface area contributed by atoms with E-state index in [0.29, 0.717) is 11.5 Å². The maximum Gasteiger partial charge on any atom is 0.274 e. The fourth-order valence-corrected chi connectivity index (χ4v) is 1.69. The van der Waals surface area contributed by atoms with Gasteiger partial charge in [-0.25, -0.2) is 4.98 Å². The van der Waals surface area contributed by atoms with Crippen LogP contribution in [0.1, 0.15) is 25.5 Å². The highest BCUT2D eigenvalue weighted by molar-refractivity contribution is 6.16. The van der Waals surface area contributed by atoms with E-state index in [1.807, 2.05) is 0 Å². The number of hydrogen-bond acceptors (Lipinski definition) is 3. The molecule has 0 radical (unpaired) electrons. The second kappa shape index (κ2) is 4.65. The Labute approximate surface area is 97.7 Å². The third-order valence-corrected chi connectivity index (χ3v) is 2.65. The van der Waals surface area contributed by atoms with Crippen molar-refractivity contribution in [1.29, 1.82) is 0 Å². The normalized spacial score (nSPS) is 11.1. The Morgan fingerprint density at radius 2 is 2.31 bits per heavy atom. The average molecular weight is 241 g/mol. The molecule has 0 aliphatic heterocycles. The molecule has 0 aromatic carbocycles. The molecule has 0 amide bonds. The fourth-order valence-electron chi connectivity index (χ4n) is 1.55. The fraction of sp³-hybridized carbons (Fsp3) is 0.500. The van der Waals surface area contributed by atoms with Crippen LogP contribution in [0.25, 0.3) is 5.78 Å². The van der Waals surface area contributed by atoms with Crippen molar-refractivity contribution >= 4 is 17.4 Å². The summed E-state index contributed by atoms with van der Waals surface area (Å²) < 4.78 is 3.26. The Balaban J connectivity index is 2.51. The number of aromatic nitrogens is 4. The van der Waals surface area contributed by atoms with Gasteiger partial charge in [-0.1, -0.05) is 13.3 Å². The number of nitrogens with zero attached hydrogens (tertiary/aromatic N) is 4. The van der Waals surface area contributed by atoms with Crippen LogP contribution >= 0.6 is 11.6 Å². The highest BCUT2D eigenvalue weighted by Gasteiger charge is 2.06. The Morgan fingerprint density at radius 3 is 3.00 bits per heavy atom. The molecule has 0 unspecified atom stereocenters. The van der Waals surface area contributed by atoms with Gasteiger partial charge in [0.15, 0.2) is 0 Å². The smallest absolute Gasteiger partial charge is 0.267 e. The van der Waals surface area contributed by atoms with Crippen LogP contribution in [0.5, 0.6) is 0 Å². The maximum absolute atomic E-state index is 11.8. The van der Waals surface area contributed by atoms with Crippen LogP contribution < -0.4 is 5.56 Å². The zero-order chi connectivity index (χ0) is 11.5. The minimum atomic E-state index is -0.130. The number of fused-ring (bicyclic) bond motifs is 1. The van der Waals surface area contributed by atoms with Crippen LogP contribution in [0.2, 0.25) is 0 Å². The van der Waals surface area contributed by atoms with E-state index in [1.165, 1.54) is 10.6 Å². The van der Waals surface area contributed by atoms with Gasteiger partial charge in [0, 0.05) is 12.6 Å². The second-order valence-corrected chi connectivity index (χ2v) is 3.86. The summed E-state index contributed by atoms with van der Waals surface area (Å²) >= 11 is 5.64. The molecule has 2 aromatic rings. The van der Waals surface area contributed by atoms with Crippen LogP contribution in [0.4, 0.5) is 0 Å². The lowest BCUT2D eigenvalue weighted by Crippen LogP contribution is -2.21. The Morgan fingerprint density at radius 1 is 1.50 bits per heavy atom. The van der Waals surface area contributed by atoms with E-state index in [1.54, 1.807) is 11.0 Å². The standard InChI is InChI=1S/C10H13ClN4O/c1-2-3-4-14-7-12-10-13-8(6-11)5-9(16)15(10)14/h5,7H,2-4,6H2,1H3. The first kappa shape index (κ1) is 11.1. The molecular formula is C10H13ClN4O. The van der Waals surface area contributed by atoms with Gasteiger partial charge in [0.2, 0.25) is 0 Å². The predicted molar refractivity (Wildman–Crippen MR) is 61.7 cm³/mol. The highest BCUT2D eigenvalue weighted by atomic mass is 35.5. The minimum Gasteiger partial charge on any atom is -0.267 e. The van der Waals surface area contributed by atoms with Crippen molar-refractivity contribution in [1.82, 2.24) is 19.2 Å². The summed E-state index contributed by atoms with van der Waals surface area (Å²) in [7, 11) is 0. The third kappa shape index (κ3) is 1.95. The van der Waals surface area contributed by atoms with E-state index < -0.39 is 0 Å². The topological polar surface area (TPSA) is 52.2 Å². The van der Waals surface area contributed by atoms with E-state index in [2.05, 4.69) is 16.9 Å². The lowest BCUT2D eigenvalue weighted by molar-refractivity contribution is 0.532. The predicted octanol–water partition coefficient (Wildman–Crippen LogP) is 1.43. The molecule has 0 fully saturated rings. The van der Waals surface area contributed by atoms with Crippen molar-refractivity contribution < 1.29 is 0 Å². The van der Waals surface area contributed by atoms with Crippen LogP contribution in [-0.2, 0) is 12.4 Å². The molecule has 0 N–H and O–H groups in total. The molecule has 6 heteroatoms. The molecule has 0 aliphatic rings. The highest BCUT2D eigenvalue weighted by Crippen LogP contribution is 2.01. The van der Waals surface area contributed by atoms with Crippen molar-refractivity contribution in [2.24, 2.45) is 0 Å². The summed E-state index contributed by atoms with van der Waals surface area (Å²) in [5, 5.41) is 0. The molecule has 2 heterocycles. The molecular weight excluding hydrogens is 228 g/mol. The van der Waals surface area contributed by atoms with E-state index >= 15 is 0 Å². The Bertz CT molecular complexity index is 545. The first-order valence-corrected chi connectivity index (χ1v) is 5.79. The number of aryl methyl sites for hydroxylation is 1. The van der Waals surface area contributed by atoms with E-state index in [0.717, 1.165) is 19.4 Å². The third-order valence-electron chi connectivity index (χ3n) is 2.37. The molecule has 0 spiro atoms. The van der Waals surface area contributed by atoms with Gasteiger partial charge in [0.25, 0.3) is 11.3 Å². The summed E-state index contributed by atoms with van der Waals surface area (Å²) in [6.45, 7) is 2.88. The molecule has 0 bridgehead atoms. The van der Waals surface area contributed by atoms with Crippen molar-refractivity contribution in [2.75, 3.05) is 0 Å². The molecule has 0 saturated carbocycles. The lowest BCUT2D eigenvalue weighted by atomic mass is 10.3. The lowest BCUT2D eigenvalue weighted by Gasteiger charge is -2.03. The number of alkyl halides is 1. The van der Waals surface area contributed by atoms with Crippen LogP contribution in [-0.4, -0.2) is 19.2 Å². The van der Waals surface area contributed by atoms with Gasteiger partial charge < -0.3 is 0 Å². The van der Waals surface area contributed by atoms with Gasteiger partial charge in [-0.3, -0.25) is 9.48 Å². The first-order chi connectivity index (χ1) is 7.76. The van der Waals surface area contributed by atoms with Gasteiger partial charge in [0.05, 0.1) is 11.6 Å². The Hall–Kier alpha value is -1.36. The van der Waals surface area contributed by atoms with Gasteiger partial charge in [-0.15, -0.1) is 11.6 Å². The molecule has 0 atom stereocenters. The van der Waals surface area contributed by atoms with E-state index in [-0.39, 0.29) is 11.4 Å². The van der Waals surface area contributed by atoms with Gasteiger partial charge in [-0.05, 0) is 6.42 Å². The number of rotatable bonds is 4.